The molecule has 0 spiro atoms. The minimum atomic E-state index is -4.74. The molecule has 1 aromatic rings. The average Bonchev–Trinajstić information content (AvgIpc) is 2.85. The van der Waals surface area contributed by atoms with Crippen LogP contribution in [0.2, 0.25) is 0 Å². The molecule has 1 aliphatic rings. The van der Waals surface area contributed by atoms with Gasteiger partial charge in [0.05, 0.1) is 6.10 Å². The summed E-state index contributed by atoms with van der Waals surface area (Å²) in [6.45, 7) is 0.433. The molecule has 128 valence electrons. The molecule has 0 heterocycles. The van der Waals surface area contributed by atoms with Crippen molar-refractivity contribution < 1.29 is 27.8 Å². The Labute approximate surface area is 132 Å². The minimum Gasteiger partial charge on any atom is -0.406 e. The van der Waals surface area contributed by atoms with E-state index in [4.69, 9.17) is 0 Å². The largest absolute Gasteiger partial charge is 0.573 e. The van der Waals surface area contributed by atoms with Gasteiger partial charge in [-0.05, 0) is 37.1 Å². The van der Waals surface area contributed by atoms with Crippen LogP contribution in [0.25, 0.3) is 0 Å². The highest BCUT2D eigenvalue weighted by atomic mass is 19.4. The molecule has 1 saturated carbocycles. The Balaban J connectivity index is 1.87. The summed E-state index contributed by atoms with van der Waals surface area (Å²) in [6, 6.07) is 4.54. The summed E-state index contributed by atoms with van der Waals surface area (Å²) in [6.07, 6.45) is -2.55. The van der Waals surface area contributed by atoms with Crippen LogP contribution in [0.3, 0.4) is 0 Å². The predicted octanol–water partition coefficient (Wildman–Crippen LogP) is 3.21. The van der Waals surface area contributed by atoms with Crippen LogP contribution in [0.1, 0.15) is 19.3 Å². The van der Waals surface area contributed by atoms with Gasteiger partial charge >= 0.3 is 12.4 Å². The number of benzene rings is 1. The number of carbonyl (C=O) groups is 1. The number of ether oxygens (including phenoxy) is 1. The van der Waals surface area contributed by atoms with Crippen LogP contribution in [0, 0.1) is 5.92 Å². The summed E-state index contributed by atoms with van der Waals surface area (Å²) in [5, 5.41) is 12.4. The molecule has 0 bridgehead atoms. The number of nitrogens with zero attached hydrogens (tertiary/aromatic N) is 1. The summed E-state index contributed by atoms with van der Waals surface area (Å²) in [7, 11) is 1.61. The fraction of sp³-hybridized carbons (Fsp3) is 0.533. The van der Waals surface area contributed by atoms with Gasteiger partial charge in [-0.25, -0.2) is 4.79 Å². The summed E-state index contributed by atoms with van der Waals surface area (Å²) in [5.74, 6) is -0.286. The first-order valence-corrected chi connectivity index (χ1v) is 7.30. The van der Waals surface area contributed by atoms with Gasteiger partial charge < -0.3 is 20.1 Å². The number of halogens is 3. The van der Waals surface area contributed by atoms with Crippen molar-refractivity contribution in [1.82, 2.24) is 4.90 Å². The molecule has 2 unspecified atom stereocenters. The monoisotopic (exact) mass is 332 g/mol. The van der Waals surface area contributed by atoms with E-state index < -0.39 is 6.36 Å². The Morgan fingerprint density at radius 1 is 1.35 bits per heavy atom. The molecule has 1 aliphatic carbocycles. The molecule has 2 amide bonds. The van der Waals surface area contributed by atoms with Crippen molar-refractivity contribution in [3.63, 3.8) is 0 Å². The van der Waals surface area contributed by atoms with Crippen molar-refractivity contribution in [3.05, 3.63) is 24.3 Å². The second-order valence-electron chi connectivity index (χ2n) is 5.64. The Morgan fingerprint density at radius 2 is 2.00 bits per heavy atom. The van der Waals surface area contributed by atoms with Gasteiger partial charge in [-0.15, -0.1) is 13.2 Å². The van der Waals surface area contributed by atoms with E-state index in [-0.39, 0.29) is 23.8 Å². The zero-order valence-corrected chi connectivity index (χ0v) is 12.6. The van der Waals surface area contributed by atoms with Gasteiger partial charge in [-0.2, -0.15) is 0 Å². The maximum Gasteiger partial charge on any atom is 0.573 e. The molecule has 0 saturated heterocycles. The number of alkyl halides is 3. The molecular weight excluding hydrogens is 313 g/mol. The Hall–Kier alpha value is -1.96. The van der Waals surface area contributed by atoms with Gasteiger partial charge in [-0.1, -0.05) is 6.42 Å². The van der Waals surface area contributed by atoms with Gasteiger partial charge in [0.2, 0.25) is 0 Å². The molecule has 0 aromatic heterocycles. The highest BCUT2D eigenvalue weighted by Gasteiger charge is 2.31. The summed E-state index contributed by atoms with van der Waals surface area (Å²) >= 11 is 0. The first kappa shape index (κ1) is 17.4. The molecular formula is C15H19F3N2O3. The quantitative estimate of drug-likeness (QED) is 0.890. The van der Waals surface area contributed by atoms with Crippen LogP contribution >= 0.6 is 0 Å². The maximum absolute atomic E-state index is 12.1. The zero-order valence-electron chi connectivity index (χ0n) is 12.6. The number of rotatable bonds is 4. The van der Waals surface area contributed by atoms with Crippen LogP contribution in [0.5, 0.6) is 5.75 Å². The van der Waals surface area contributed by atoms with Gasteiger partial charge in [0.25, 0.3) is 0 Å². The normalized spacial score (nSPS) is 21.1. The van der Waals surface area contributed by atoms with Crippen LogP contribution in [0.4, 0.5) is 23.7 Å². The van der Waals surface area contributed by atoms with Crippen molar-refractivity contribution in [2.45, 2.75) is 31.7 Å². The minimum absolute atomic E-state index is 0.0633. The zero-order chi connectivity index (χ0) is 17.0. The number of hydrogen-bond acceptors (Lipinski definition) is 3. The first-order chi connectivity index (χ1) is 10.7. The SMILES string of the molecule is CN(CC1CCCC1O)C(=O)Nc1ccc(OC(F)(F)F)cc1. The van der Waals surface area contributed by atoms with E-state index in [0.29, 0.717) is 12.2 Å². The molecule has 5 nitrogen and oxygen atoms in total. The van der Waals surface area contributed by atoms with Crippen LogP contribution in [0.15, 0.2) is 24.3 Å². The van der Waals surface area contributed by atoms with Crippen molar-refractivity contribution in [3.8, 4) is 5.75 Å². The molecule has 2 atom stereocenters. The second kappa shape index (κ2) is 7.08. The molecule has 0 aliphatic heterocycles. The highest BCUT2D eigenvalue weighted by molar-refractivity contribution is 5.89. The fourth-order valence-corrected chi connectivity index (χ4v) is 2.62. The summed E-state index contributed by atoms with van der Waals surface area (Å²) < 4.78 is 40.0. The number of aliphatic hydroxyl groups excluding tert-OH is 1. The molecule has 1 fully saturated rings. The third-order valence-electron chi connectivity index (χ3n) is 3.81. The lowest BCUT2D eigenvalue weighted by Gasteiger charge is -2.23. The smallest absolute Gasteiger partial charge is 0.406 e. The van der Waals surface area contributed by atoms with Gasteiger partial charge in [-0.3, -0.25) is 0 Å². The highest BCUT2D eigenvalue weighted by Crippen LogP contribution is 2.26. The number of carbonyl (C=O) groups excluding carboxylic acids is 1. The Kier molecular flexibility index (Phi) is 5.35. The number of hydrogen-bond donors (Lipinski definition) is 2. The number of anilines is 1. The van der Waals surface area contributed by atoms with E-state index in [1.807, 2.05) is 0 Å². The van der Waals surface area contributed by atoms with Crippen molar-refractivity contribution >= 4 is 11.7 Å². The standard InChI is InChI=1S/C15H19F3N2O3/c1-20(9-10-3-2-4-13(10)21)14(22)19-11-5-7-12(8-6-11)23-15(16,17)18/h5-8,10,13,21H,2-4,9H2,1H3,(H,19,22). The molecule has 1 aromatic carbocycles. The summed E-state index contributed by atoms with van der Waals surface area (Å²) in [4.78, 5) is 13.5. The van der Waals surface area contributed by atoms with Crippen LogP contribution in [-0.4, -0.2) is 42.1 Å². The molecule has 8 heteroatoms. The first-order valence-electron chi connectivity index (χ1n) is 7.30. The predicted molar refractivity (Wildman–Crippen MR) is 78.1 cm³/mol. The lowest BCUT2D eigenvalue weighted by atomic mass is 10.1. The Morgan fingerprint density at radius 3 is 2.52 bits per heavy atom. The van der Waals surface area contributed by atoms with Gasteiger partial charge in [0, 0.05) is 25.2 Å². The molecule has 2 N–H and O–H groups in total. The van der Waals surface area contributed by atoms with E-state index in [1.54, 1.807) is 7.05 Å². The van der Waals surface area contributed by atoms with Crippen molar-refractivity contribution in [2.24, 2.45) is 5.92 Å². The molecule has 2 rings (SSSR count). The number of nitrogens with one attached hydrogen (secondary N) is 1. The Bertz CT molecular complexity index is 534. The van der Waals surface area contributed by atoms with E-state index in [9.17, 15) is 23.1 Å². The summed E-state index contributed by atoms with van der Waals surface area (Å²) in [5.41, 5.74) is 0.364. The molecule has 0 radical (unpaired) electrons. The average molecular weight is 332 g/mol. The van der Waals surface area contributed by atoms with Crippen LogP contribution in [-0.2, 0) is 0 Å². The fourth-order valence-electron chi connectivity index (χ4n) is 2.62. The lowest BCUT2D eigenvalue weighted by Crippen LogP contribution is -2.37. The van der Waals surface area contributed by atoms with Crippen molar-refractivity contribution in [2.75, 3.05) is 18.9 Å². The number of urea groups is 1. The second-order valence-corrected chi connectivity index (χ2v) is 5.64. The molecule has 23 heavy (non-hydrogen) atoms. The van der Waals surface area contributed by atoms with Gasteiger partial charge in [0.1, 0.15) is 5.75 Å². The van der Waals surface area contributed by atoms with Crippen molar-refractivity contribution in [1.29, 1.82) is 0 Å². The third-order valence-corrected chi connectivity index (χ3v) is 3.81. The topological polar surface area (TPSA) is 61.8 Å². The van der Waals surface area contributed by atoms with Gasteiger partial charge in [0.15, 0.2) is 0 Å². The van der Waals surface area contributed by atoms with E-state index >= 15 is 0 Å². The van der Waals surface area contributed by atoms with E-state index in [1.165, 1.54) is 17.0 Å². The van der Waals surface area contributed by atoms with E-state index in [0.717, 1.165) is 31.4 Å². The number of amides is 2. The lowest BCUT2D eigenvalue weighted by molar-refractivity contribution is -0.274. The number of aliphatic hydroxyl groups is 1. The van der Waals surface area contributed by atoms with Crippen LogP contribution < -0.4 is 10.1 Å². The van der Waals surface area contributed by atoms with E-state index in [2.05, 4.69) is 10.1 Å². The third kappa shape index (κ3) is 5.31. The maximum atomic E-state index is 12.1.